The van der Waals surface area contributed by atoms with Gasteiger partial charge in [-0.25, -0.2) is 0 Å². The predicted octanol–water partition coefficient (Wildman–Crippen LogP) is 1.12. The summed E-state index contributed by atoms with van der Waals surface area (Å²) in [4.78, 5) is 2.50. The summed E-state index contributed by atoms with van der Waals surface area (Å²) < 4.78 is 2.18. The van der Waals surface area contributed by atoms with E-state index in [9.17, 15) is 0 Å². The van der Waals surface area contributed by atoms with Gasteiger partial charge in [-0.2, -0.15) is 0 Å². The molecular formula is C11H19N3. The first-order valence-corrected chi connectivity index (χ1v) is 5.38. The fourth-order valence-corrected chi connectivity index (χ4v) is 2.33. The standard InChI is InChI=1S/C11H19N3/c1-13-6-4-5-10(13)11(9-12)14-7-2-3-8-14/h4-6,11H,2-3,7-9,12H2,1H3/t11-/m1/s1. The second-order valence-electron chi connectivity index (χ2n) is 4.04. The molecule has 1 aliphatic heterocycles. The van der Waals surface area contributed by atoms with Gasteiger partial charge in [-0.15, -0.1) is 0 Å². The van der Waals surface area contributed by atoms with E-state index in [2.05, 4.69) is 34.8 Å². The van der Waals surface area contributed by atoms with Crippen molar-refractivity contribution in [3.63, 3.8) is 0 Å². The lowest BCUT2D eigenvalue weighted by atomic mass is 10.2. The highest BCUT2D eigenvalue weighted by Gasteiger charge is 2.23. The zero-order valence-electron chi connectivity index (χ0n) is 8.82. The van der Waals surface area contributed by atoms with Gasteiger partial charge in [0.05, 0.1) is 6.04 Å². The lowest BCUT2D eigenvalue weighted by Gasteiger charge is -2.26. The van der Waals surface area contributed by atoms with Crippen molar-refractivity contribution < 1.29 is 0 Å². The fraction of sp³-hybridized carbons (Fsp3) is 0.636. The summed E-state index contributed by atoms with van der Waals surface area (Å²) in [7, 11) is 2.09. The highest BCUT2D eigenvalue weighted by Crippen LogP contribution is 2.23. The predicted molar refractivity (Wildman–Crippen MR) is 58.0 cm³/mol. The van der Waals surface area contributed by atoms with Crippen LogP contribution in [0.25, 0.3) is 0 Å². The van der Waals surface area contributed by atoms with E-state index in [1.54, 1.807) is 0 Å². The van der Waals surface area contributed by atoms with Crippen LogP contribution in [0.4, 0.5) is 0 Å². The van der Waals surface area contributed by atoms with Crippen LogP contribution in [0.15, 0.2) is 18.3 Å². The molecule has 1 aromatic rings. The van der Waals surface area contributed by atoms with Crippen LogP contribution in [0.1, 0.15) is 24.6 Å². The highest BCUT2D eigenvalue weighted by atomic mass is 15.2. The van der Waals surface area contributed by atoms with Gasteiger partial charge in [-0.1, -0.05) is 0 Å². The van der Waals surface area contributed by atoms with Crippen molar-refractivity contribution in [1.29, 1.82) is 0 Å². The van der Waals surface area contributed by atoms with Crippen molar-refractivity contribution in [3.05, 3.63) is 24.0 Å². The van der Waals surface area contributed by atoms with Crippen molar-refractivity contribution >= 4 is 0 Å². The topological polar surface area (TPSA) is 34.2 Å². The van der Waals surface area contributed by atoms with Crippen LogP contribution in [0.3, 0.4) is 0 Å². The molecule has 2 rings (SSSR count). The lowest BCUT2D eigenvalue weighted by molar-refractivity contribution is 0.243. The Hall–Kier alpha value is -0.800. The van der Waals surface area contributed by atoms with Gasteiger partial charge in [0.15, 0.2) is 0 Å². The summed E-state index contributed by atoms with van der Waals surface area (Å²) >= 11 is 0. The van der Waals surface area contributed by atoms with E-state index < -0.39 is 0 Å². The Labute approximate surface area is 85.5 Å². The maximum Gasteiger partial charge on any atom is 0.0624 e. The summed E-state index contributed by atoms with van der Waals surface area (Å²) in [5, 5.41) is 0. The largest absolute Gasteiger partial charge is 0.353 e. The monoisotopic (exact) mass is 193 g/mol. The molecule has 1 aliphatic rings. The number of likely N-dealkylation sites (tertiary alicyclic amines) is 1. The SMILES string of the molecule is Cn1cccc1[C@@H](CN)N1CCCC1. The van der Waals surface area contributed by atoms with Gasteiger partial charge in [-0.05, 0) is 38.1 Å². The maximum atomic E-state index is 5.86. The first kappa shape index (κ1) is 9.74. The molecule has 2 heterocycles. The van der Waals surface area contributed by atoms with Gasteiger partial charge < -0.3 is 10.3 Å². The Morgan fingerprint density at radius 3 is 2.64 bits per heavy atom. The molecule has 1 fully saturated rings. The smallest absolute Gasteiger partial charge is 0.0624 e. The van der Waals surface area contributed by atoms with E-state index in [-0.39, 0.29) is 0 Å². The first-order chi connectivity index (χ1) is 6.83. The number of hydrogen-bond donors (Lipinski definition) is 1. The second kappa shape index (κ2) is 4.15. The van der Waals surface area contributed by atoms with E-state index in [0.29, 0.717) is 6.04 Å². The van der Waals surface area contributed by atoms with Crippen LogP contribution in [0.5, 0.6) is 0 Å². The van der Waals surface area contributed by atoms with E-state index in [4.69, 9.17) is 5.73 Å². The van der Waals surface area contributed by atoms with Gasteiger partial charge in [0.1, 0.15) is 0 Å². The van der Waals surface area contributed by atoms with Gasteiger partial charge in [0.2, 0.25) is 0 Å². The summed E-state index contributed by atoms with van der Waals surface area (Å²) in [5.74, 6) is 0. The molecule has 78 valence electrons. The van der Waals surface area contributed by atoms with Crippen molar-refractivity contribution in [2.45, 2.75) is 18.9 Å². The van der Waals surface area contributed by atoms with E-state index in [1.807, 2.05) is 0 Å². The molecule has 0 aromatic carbocycles. The summed E-state index contributed by atoms with van der Waals surface area (Å²) in [6.07, 6.45) is 4.73. The third kappa shape index (κ3) is 1.70. The van der Waals surface area contributed by atoms with E-state index >= 15 is 0 Å². The van der Waals surface area contributed by atoms with Crippen LogP contribution in [-0.2, 0) is 7.05 Å². The third-order valence-corrected chi connectivity index (χ3v) is 3.13. The number of rotatable bonds is 3. The molecule has 2 N–H and O–H groups in total. The molecule has 0 spiro atoms. The van der Waals surface area contributed by atoms with E-state index in [1.165, 1.54) is 31.6 Å². The molecule has 3 heteroatoms. The molecule has 0 saturated carbocycles. The van der Waals surface area contributed by atoms with E-state index in [0.717, 1.165) is 6.54 Å². The quantitative estimate of drug-likeness (QED) is 0.780. The minimum atomic E-state index is 0.414. The Morgan fingerprint density at radius 1 is 1.43 bits per heavy atom. The Kier molecular flexibility index (Phi) is 2.89. The zero-order chi connectivity index (χ0) is 9.97. The van der Waals surface area contributed by atoms with Gasteiger partial charge >= 0.3 is 0 Å². The highest BCUT2D eigenvalue weighted by molar-refractivity contribution is 5.12. The lowest BCUT2D eigenvalue weighted by Crippen LogP contribution is -2.32. The van der Waals surface area contributed by atoms with Crippen LogP contribution in [0.2, 0.25) is 0 Å². The first-order valence-electron chi connectivity index (χ1n) is 5.38. The van der Waals surface area contributed by atoms with Crippen LogP contribution >= 0.6 is 0 Å². The number of aromatic nitrogens is 1. The average molecular weight is 193 g/mol. The molecule has 0 amide bonds. The number of aryl methyl sites for hydroxylation is 1. The molecule has 1 atom stereocenters. The van der Waals surface area contributed by atoms with Gasteiger partial charge in [0, 0.05) is 25.5 Å². The maximum absolute atomic E-state index is 5.86. The fourth-order valence-electron chi connectivity index (χ4n) is 2.33. The van der Waals surface area contributed by atoms with Crippen molar-refractivity contribution in [2.24, 2.45) is 12.8 Å². The normalized spacial score (nSPS) is 20.1. The van der Waals surface area contributed by atoms with Crippen molar-refractivity contribution in [1.82, 2.24) is 9.47 Å². The Bertz CT molecular complexity index is 286. The molecule has 14 heavy (non-hydrogen) atoms. The molecule has 0 aliphatic carbocycles. The molecule has 0 radical (unpaired) electrons. The number of nitrogens with zero attached hydrogens (tertiary/aromatic N) is 2. The molecule has 0 bridgehead atoms. The summed E-state index contributed by atoms with van der Waals surface area (Å²) in [6, 6.07) is 4.68. The summed E-state index contributed by atoms with van der Waals surface area (Å²) in [6.45, 7) is 3.12. The molecular weight excluding hydrogens is 174 g/mol. The molecule has 1 aromatic heterocycles. The van der Waals surface area contributed by atoms with Gasteiger partial charge in [-0.3, -0.25) is 4.90 Å². The zero-order valence-corrected chi connectivity index (χ0v) is 8.82. The Balaban J connectivity index is 2.16. The van der Waals surface area contributed by atoms with Crippen LogP contribution < -0.4 is 5.73 Å². The summed E-state index contributed by atoms with van der Waals surface area (Å²) in [5.41, 5.74) is 7.20. The molecule has 3 nitrogen and oxygen atoms in total. The Morgan fingerprint density at radius 2 is 2.14 bits per heavy atom. The van der Waals surface area contributed by atoms with Crippen molar-refractivity contribution in [2.75, 3.05) is 19.6 Å². The second-order valence-corrected chi connectivity index (χ2v) is 4.04. The minimum absolute atomic E-state index is 0.414. The number of nitrogens with two attached hydrogens (primary N) is 1. The average Bonchev–Trinajstić information content (AvgIpc) is 2.80. The molecule has 0 unspecified atom stereocenters. The molecule has 1 saturated heterocycles. The van der Waals surface area contributed by atoms with Gasteiger partial charge in [0.25, 0.3) is 0 Å². The number of hydrogen-bond acceptors (Lipinski definition) is 2. The van der Waals surface area contributed by atoms with Crippen molar-refractivity contribution in [3.8, 4) is 0 Å². The minimum Gasteiger partial charge on any atom is -0.353 e. The van der Waals surface area contributed by atoms with Crippen LogP contribution in [-0.4, -0.2) is 29.1 Å². The van der Waals surface area contributed by atoms with Crippen LogP contribution in [0, 0.1) is 0 Å². The third-order valence-electron chi connectivity index (χ3n) is 3.13.